The van der Waals surface area contributed by atoms with Gasteiger partial charge in [-0.3, -0.25) is 0 Å². The predicted octanol–water partition coefficient (Wildman–Crippen LogP) is 2.62. The largest absolute Gasteiger partial charge is 0.497 e. The fourth-order valence-electron chi connectivity index (χ4n) is 3.86. The average Bonchev–Trinajstić information content (AvgIpc) is 3.00. The first-order chi connectivity index (χ1) is 8.75. The van der Waals surface area contributed by atoms with Crippen LogP contribution in [0.15, 0.2) is 24.3 Å². The zero-order chi connectivity index (χ0) is 12.6. The number of hydrogen-bond donors (Lipinski definition) is 2. The van der Waals surface area contributed by atoms with Crippen molar-refractivity contribution in [2.24, 2.45) is 17.6 Å². The van der Waals surface area contributed by atoms with Crippen molar-refractivity contribution in [1.29, 1.82) is 0 Å². The molecule has 0 aromatic heterocycles. The van der Waals surface area contributed by atoms with Gasteiger partial charge in [-0.05, 0) is 61.8 Å². The third-order valence-electron chi connectivity index (χ3n) is 4.82. The molecule has 0 amide bonds. The van der Waals surface area contributed by atoms with Gasteiger partial charge in [0.25, 0.3) is 0 Å². The van der Waals surface area contributed by atoms with Gasteiger partial charge in [0.2, 0.25) is 0 Å². The molecule has 1 aromatic carbocycles. The number of nitrogens with two attached hydrogens (primary N) is 1. The second-order valence-electron chi connectivity index (χ2n) is 5.79. The Labute approximate surface area is 109 Å². The van der Waals surface area contributed by atoms with E-state index in [1.807, 2.05) is 12.1 Å². The van der Waals surface area contributed by atoms with Crippen molar-refractivity contribution >= 4 is 5.69 Å². The van der Waals surface area contributed by atoms with E-state index in [1.165, 1.54) is 25.7 Å². The van der Waals surface area contributed by atoms with Crippen LogP contribution < -0.4 is 15.8 Å². The van der Waals surface area contributed by atoms with E-state index in [-0.39, 0.29) is 5.54 Å². The monoisotopic (exact) mass is 246 g/mol. The van der Waals surface area contributed by atoms with E-state index in [2.05, 4.69) is 17.4 Å². The Bertz CT molecular complexity index is 417. The topological polar surface area (TPSA) is 47.3 Å². The van der Waals surface area contributed by atoms with Crippen LogP contribution in [0.1, 0.15) is 25.7 Å². The van der Waals surface area contributed by atoms with Crippen molar-refractivity contribution in [3.63, 3.8) is 0 Å². The van der Waals surface area contributed by atoms with Crippen LogP contribution in [0.3, 0.4) is 0 Å². The lowest BCUT2D eigenvalue weighted by Crippen LogP contribution is -2.49. The molecule has 98 valence electrons. The summed E-state index contributed by atoms with van der Waals surface area (Å²) in [7, 11) is 1.69. The summed E-state index contributed by atoms with van der Waals surface area (Å²) < 4.78 is 5.19. The Hall–Kier alpha value is -1.22. The summed E-state index contributed by atoms with van der Waals surface area (Å²) in [5, 5.41) is 3.71. The van der Waals surface area contributed by atoms with E-state index >= 15 is 0 Å². The van der Waals surface area contributed by atoms with Crippen molar-refractivity contribution in [3.8, 4) is 5.75 Å². The molecule has 3 atom stereocenters. The highest BCUT2D eigenvalue weighted by molar-refractivity contribution is 5.49. The van der Waals surface area contributed by atoms with Crippen molar-refractivity contribution in [2.75, 3.05) is 19.0 Å². The summed E-state index contributed by atoms with van der Waals surface area (Å²) in [6.45, 7) is 0.736. The molecule has 18 heavy (non-hydrogen) atoms. The van der Waals surface area contributed by atoms with Gasteiger partial charge in [0, 0.05) is 12.2 Å². The van der Waals surface area contributed by atoms with Crippen LogP contribution >= 0.6 is 0 Å². The predicted molar refractivity (Wildman–Crippen MR) is 73.9 cm³/mol. The van der Waals surface area contributed by atoms with Crippen LogP contribution in [0.5, 0.6) is 5.75 Å². The first-order valence-electron chi connectivity index (χ1n) is 6.88. The lowest BCUT2D eigenvalue weighted by molar-refractivity contribution is 0.306. The van der Waals surface area contributed by atoms with Crippen LogP contribution in [0.25, 0.3) is 0 Å². The lowest BCUT2D eigenvalue weighted by Gasteiger charge is -2.38. The van der Waals surface area contributed by atoms with E-state index in [1.54, 1.807) is 7.11 Å². The normalized spacial score (nSPS) is 33.7. The molecule has 0 saturated heterocycles. The van der Waals surface area contributed by atoms with Gasteiger partial charge >= 0.3 is 0 Å². The molecule has 2 bridgehead atoms. The molecule has 2 saturated carbocycles. The Morgan fingerprint density at radius 1 is 1.33 bits per heavy atom. The molecule has 3 unspecified atom stereocenters. The van der Waals surface area contributed by atoms with Crippen molar-refractivity contribution in [2.45, 2.75) is 31.2 Å². The minimum absolute atomic E-state index is 0.136. The molecule has 2 aliphatic rings. The fraction of sp³-hybridized carbons (Fsp3) is 0.600. The van der Waals surface area contributed by atoms with Gasteiger partial charge in [-0.2, -0.15) is 0 Å². The number of benzene rings is 1. The molecule has 3 heteroatoms. The number of methoxy groups -OCH3 is 1. The zero-order valence-corrected chi connectivity index (χ0v) is 11.0. The molecule has 2 aliphatic carbocycles. The van der Waals surface area contributed by atoms with Gasteiger partial charge < -0.3 is 15.8 Å². The van der Waals surface area contributed by atoms with Gasteiger partial charge in [0.15, 0.2) is 0 Å². The van der Waals surface area contributed by atoms with Gasteiger partial charge in [0.05, 0.1) is 12.6 Å². The second kappa shape index (κ2) is 4.47. The maximum Gasteiger partial charge on any atom is 0.119 e. The van der Waals surface area contributed by atoms with E-state index < -0.39 is 0 Å². The third-order valence-corrected chi connectivity index (χ3v) is 4.82. The number of nitrogens with one attached hydrogen (secondary N) is 1. The number of hydrogen-bond acceptors (Lipinski definition) is 3. The highest BCUT2D eigenvalue weighted by atomic mass is 16.5. The summed E-state index contributed by atoms with van der Waals surface area (Å²) in [6, 6.07) is 8.17. The minimum atomic E-state index is 0.136. The smallest absolute Gasteiger partial charge is 0.119 e. The van der Waals surface area contributed by atoms with Crippen LogP contribution in [0, 0.1) is 11.8 Å². The lowest BCUT2D eigenvalue weighted by atomic mass is 9.80. The first kappa shape index (κ1) is 11.8. The molecule has 2 fully saturated rings. The van der Waals surface area contributed by atoms with Gasteiger partial charge in [-0.25, -0.2) is 0 Å². The average molecular weight is 246 g/mol. The SMILES string of the molecule is COc1ccc(NC2(CN)CC3CCC2C3)cc1. The summed E-state index contributed by atoms with van der Waals surface area (Å²) >= 11 is 0. The molecule has 0 radical (unpaired) electrons. The molecule has 1 aromatic rings. The van der Waals surface area contributed by atoms with Gasteiger partial charge in [-0.15, -0.1) is 0 Å². The Morgan fingerprint density at radius 3 is 2.61 bits per heavy atom. The summed E-state index contributed by atoms with van der Waals surface area (Å²) in [5.74, 6) is 2.55. The quantitative estimate of drug-likeness (QED) is 0.858. The molecular weight excluding hydrogens is 224 g/mol. The Balaban J connectivity index is 1.77. The Kier molecular flexibility index (Phi) is 2.94. The van der Waals surface area contributed by atoms with Crippen molar-refractivity contribution < 1.29 is 4.74 Å². The van der Waals surface area contributed by atoms with Crippen molar-refractivity contribution in [3.05, 3.63) is 24.3 Å². The third kappa shape index (κ3) is 1.87. The standard InChI is InChI=1S/C15H22N2O/c1-18-14-6-4-13(5-7-14)17-15(10-16)9-11-2-3-12(15)8-11/h4-7,11-12,17H,2-3,8-10,16H2,1H3. The highest BCUT2D eigenvalue weighted by Gasteiger charge is 2.50. The molecular formula is C15H22N2O. The summed E-state index contributed by atoms with van der Waals surface area (Å²) in [5.41, 5.74) is 7.37. The molecule has 0 spiro atoms. The van der Waals surface area contributed by atoms with E-state index in [9.17, 15) is 0 Å². The van der Waals surface area contributed by atoms with Crippen LogP contribution in [-0.4, -0.2) is 19.2 Å². The summed E-state index contributed by atoms with van der Waals surface area (Å²) in [4.78, 5) is 0. The molecule has 0 aliphatic heterocycles. The van der Waals surface area contributed by atoms with Crippen molar-refractivity contribution in [1.82, 2.24) is 0 Å². The number of fused-ring (bicyclic) bond motifs is 2. The van der Waals surface area contributed by atoms with Gasteiger partial charge in [-0.1, -0.05) is 0 Å². The first-order valence-corrected chi connectivity index (χ1v) is 6.88. The molecule has 3 N–H and O–H groups in total. The maximum atomic E-state index is 6.07. The van der Waals surface area contributed by atoms with E-state index in [4.69, 9.17) is 10.5 Å². The van der Waals surface area contributed by atoms with Crippen LogP contribution in [0.4, 0.5) is 5.69 Å². The molecule has 0 heterocycles. The van der Waals surface area contributed by atoms with Crippen LogP contribution in [-0.2, 0) is 0 Å². The zero-order valence-electron chi connectivity index (χ0n) is 11.0. The minimum Gasteiger partial charge on any atom is -0.497 e. The number of ether oxygens (including phenoxy) is 1. The summed E-state index contributed by atoms with van der Waals surface area (Å²) in [6.07, 6.45) is 5.34. The number of anilines is 1. The fourth-order valence-corrected chi connectivity index (χ4v) is 3.86. The number of rotatable bonds is 4. The maximum absolute atomic E-state index is 6.07. The Morgan fingerprint density at radius 2 is 2.11 bits per heavy atom. The van der Waals surface area contributed by atoms with Gasteiger partial charge in [0.1, 0.15) is 5.75 Å². The van der Waals surface area contributed by atoms with E-state index in [0.29, 0.717) is 0 Å². The van der Waals surface area contributed by atoms with E-state index in [0.717, 1.165) is 29.8 Å². The second-order valence-corrected chi connectivity index (χ2v) is 5.79. The molecule has 3 rings (SSSR count). The highest BCUT2D eigenvalue weighted by Crippen LogP contribution is 2.51. The van der Waals surface area contributed by atoms with Crippen LogP contribution in [0.2, 0.25) is 0 Å². The molecule has 3 nitrogen and oxygen atoms in total.